The topological polar surface area (TPSA) is 37.3 Å². The molecule has 0 bridgehead atoms. The van der Waals surface area contributed by atoms with Crippen LogP contribution in [0, 0.1) is 0 Å². The van der Waals surface area contributed by atoms with Gasteiger partial charge < -0.3 is 5.11 Å². The number of aliphatic carboxylic acids is 1. The molecule has 1 radical (unpaired) electrons. The van der Waals surface area contributed by atoms with Gasteiger partial charge in [0.1, 0.15) is 0 Å². The Kier molecular flexibility index (Phi) is 18.8. The van der Waals surface area contributed by atoms with Crippen molar-refractivity contribution in [1.82, 2.24) is 0 Å². The maximum atomic E-state index is 9.00. The maximum absolute atomic E-state index is 9.00. The van der Waals surface area contributed by atoms with Crippen LogP contribution in [0.15, 0.2) is 0 Å². The van der Waals surface area contributed by atoms with Crippen molar-refractivity contribution in [2.45, 2.75) is 79.5 Å². The van der Waals surface area contributed by atoms with Crippen molar-refractivity contribution in [2.75, 3.05) is 0 Å². The SMILES string of the molecule is CC(=O)O.CCCCCCC[CH2][Sn]([CH2]C)[CH2]C. The van der Waals surface area contributed by atoms with Crippen LogP contribution in [0.3, 0.4) is 0 Å². The van der Waals surface area contributed by atoms with Gasteiger partial charge in [0.05, 0.1) is 0 Å². The van der Waals surface area contributed by atoms with Gasteiger partial charge >= 0.3 is 92.4 Å². The number of carboxylic acid groups (broad SMARTS) is 1. The van der Waals surface area contributed by atoms with Crippen LogP contribution in [0.2, 0.25) is 13.3 Å². The number of unbranched alkanes of at least 4 members (excludes halogenated alkanes) is 5. The Morgan fingerprint density at radius 2 is 1.35 bits per heavy atom. The zero-order valence-electron chi connectivity index (χ0n) is 12.2. The molecule has 0 rings (SSSR count). The first kappa shape index (κ1) is 19.6. The molecule has 0 heterocycles. The Balaban J connectivity index is 0. The van der Waals surface area contributed by atoms with Crippen LogP contribution in [0.1, 0.15) is 66.2 Å². The van der Waals surface area contributed by atoms with E-state index in [-0.39, 0.29) is 0 Å². The van der Waals surface area contributed by atoms with E-state index in [1.807, 2.05) is 0 Å². The van der Waals surface area contributed by atoms with Crippen molar-refractivity contribution >= 4 is 25.7 Å². The van der Waals surface area contributed by atoms with E-state index in [0.29, 0.717) is 0 Å². The average Bonchev–Trinajstić information content (AvgIpc) is 2.28. The van der Waals surface area contributed by atoms with Gasteiger partial charge in [-0.25, -0.2) is 0 Å². The van der Waals surface area contributed by atoms with Crippen LogP contribution in [0.4, 0.5) is 0 Å². The van der Waals surface area contributed by atoms with Crippen LogP contribution in [0.25, 0.3) is 0 Å². The van der Waals surface area contributed by atoms with Crippen molar-refractivity contribution in [1.29, 1.82) is 0 Å². The van der Waals surface area contributed by atoms with Gasteiger partial charge in [-0.1, -0.05) is 0 Å². The molecule has 0 saturated heterocycles. The predicted octanol–water partition coefficient (Wildman–Crippen LogP) is 4.97. The molecule has 17 heavy (non-hydrogen) atoms. The molecule has 0 aromatic heterocycles. The molecule has 0 unspecified atom stereocenters. The van der Waals surface area contributed by atoms with Crippen molar-refractivity contribution in [3.63, 3.8) is 0 Å². The second-order valence-corrected chi connectivity index (χ2v) is 14.2. The fourth-order valence-electron chi connectivity index (χ4n) is 1.76. The van der Waals surface area contributed by atoms with Crippen molar-refractivity contribution in [3.8, 4) is 0 Å². The minimum atomic E-state index is -0.833. The van der Waals surface area contributed by atoms with Gasteiger partial charge in [0.15, 0.2) is 0 Å². The third-order valence-corrected chi connectivity index (χ3v) is 11.6. The van der Waals surface area contributed by atoms with Gasteiger partial charge in [0.25, 0.3) is 5.97 Å². The molecule has 2 nitrogen and oxygen atoms in total. The third kappa shape index (κ3) is 22.0. The Bertz CT molecular complexity index is 152. The summed E-state index contributed by atoms with van der Waals surface area (Å²) in [6.07, 6.45) is 8.88. The normalized spacial score (nSPS) is 9.94. The van der Waals surface area contributed by atoms with Gasteiger partial charge in [-0.05, 0) is 0 Å². The summed E-state index contributed by atoms with van der Waals surface area (Å²) < 4.78 is 4.82. The van der Waals surface area contributed by atoms with Gasteiger partial charge in [-0.15, -0.1) is 0 Å². The predicted molar refractivity (Wildman–Crippen MR) is 78.2 cm³/mol. The summed E-state index contributed by atoms with van der Waals surface area (Å²) in [4.78, 5) is 9.00. The van der Waals surface area contributed by atoms with E-state index in [4.69, 9.17) is 9.90 Å². The van der Waals surface area contributed by atoms with E-state index in [1.165, 1.54) is 32.1 Å². The fourth-order valence-corrected chi connectivity index (χ4v) is 7.34. The van der Waals surface area contributed by atoms with E-state index in [1.54, 1.807) is 19.7 Å². The van der Waals surface area contributed by atoms with Crippen molar-refractivity contribution in [2.24, 2.45) is 0 Å². The fraction of sp³-hybridized carbons (Fsp3) is 0.929. The first-order valence-corrected chi connectivity index (χ1v) is 13.2. The summed E-state index contributed by atoms with van der Waals surface area (Å²) >= 11 is -0.774. The third-order valence-electron chi connectivity index (χ3n) is 2.88. The first-order valence-electron chi connectivity index (χ1n) is 7.11. The van der Waals surface area contributed by atoms with Gasteiger partial charge in [-0.3, -0.25) is 4.79 Å². The molecule has 0 fully saturated rings. The molecular formula is C14H31O2Sn. The molecule has 0 aromatic carbocycles. The van der Waals surface area contributed by atoms with E-state index < -0.39 is 25.7 Å². The molecule has 3 heteroatoms. The van der Waals surface area contributed by atoms with E-state index in [2.05, 4.69) is 20.8 Å². The van der Waals surface area contributed by atoms with E-state index in [9.17, 15) is 0 Å². The molecule has 0 spiro atoms. The van der Waals surface area contributed by atoms with Crippen LogP contribution < -0.4 is 0 Å². The summed E-state index contributed by atoms with van der Waals surface area (Å²) in [7, 11) is 0. The average molecular weight is 350 g/mol. The Labute approximate surface area is 115 Å². The Morgan fingerprint density at radius 1 is 0.941 bits per heavy atom. The summed E-state index contributed by atoms with van der Waals surface area (Å²) in [5.74, 6) is -0.833. The summed E-state index contributed by atoms with van der Waals surface area (Å²) in [5.41, 5.74) is 0. The Hall–Kier alpha value is 0.269. The molecular weight excluding hydrogens is 319 g/mol. The molecule has 0 atom stereocenters. The number of rotatable bonds is 9. The first-order chi connectivity index (χ1) is 8.08. The quantitative estimate of drug-likeness (QED) is 0.471. The molecule has 1 N–H and O–H groups in total. The van der Waals surface area contributed by atoms with Crippen LogP contribution in [-0.4, -0.2) is 30.8 Å². The number of carboxylic acids is 1. The summed E-state index contributed by atoms with van der Waals surface area (Å²) in [5, 5.41) is 7.42. The van der Waals surface area contributed by atoms with E-state index in [0.717, 1.165) is 6.92 Å². The van der Waals surface area contributed by atoms with Crippen LogP contribution >= 0.6 is 0 Å². The minimum absolute atomic E-state index is 0.774. The van der Waals surface area contributed by atoms with Gasteiger partial charge in [-0.2, -0.15) is 0 Å². The monoisotopic (exact) mass is 351 g/mol. The molecule has 0 aliphatic heterocycles. The zero-order valence-corrected chi connectivity index (χ0v) is 15.1. The number of hydrogen-bond donors (Lipinski definition) is 1. The zero-order chi connectivity index (χ0) is 13.5. The molecule has 0 amide bonds. The van der Waals surface area contributed by atoms with Crippen molar-refractivity contribution in [3.05, 3.63) is 0 Å². The molecule has 103 valence electrons. The number of hydrogen-bond acceptors (Lipinski definition) is 1. The standard InChI is InChI=1S/C8H17.C2H4O2.2C2H5.Sn/c1-3-5-7-8-6-4-2;1-2(3)4;2*1-2;/h1,3-8H2,2H3;1H3,(H,3,4);2*1H2,2H3;. The summed E-state index contributed by atoms with van der Waals surface area (Å²) in [6, 6.07) is 0. The molecule has 0 aromatic rings. The second kappa shape index (κ2) is 16.3. The summed E-state index contributed by atoms with van der Waals surface area (Å²) in [6.45, 7) is 8.20. The second-order valence-electron chi connectivity index (χ2n) is 4.49. The molecule has 0 aliphatic carbocycles. The Morgan fingerprint density at radius 3 is 1.76 bits per heavy atom. The van der Waals surface area contributed by atoms with Gasteiger partial charge in [0.2, 0.25) is 0 Å². The van der Waals surface area contributed by atoms with E-state index >= 15 is 0 Å². The van der Waals surface area contributed by atoms with Crippen LogP contribution in [0.5, 0.6) is 0 Å². The van der Waals surface area contributed by atoms with Gasteiger partial charge in [0, 0.05) is 6.92 Å². The number of carbonyl (C=O) groups is 1. The van der Waals surface area contributed by atoms with Crippen LogP contribution in [-0.2, 0) is 4.79 Å². The van der Waals surface area contributed by atoms with Crippen molar-refractivity contribution < 1.29 is 9.90 Å². The molecule has 0 saturated carbocycles. The molecule has 0 aliphatic rings.